The lowest BCUT2D eigenvalue weighted by Gasteiger charge is -2.11. The Morgan fingerprint density at radius 1 is 1.24 bits per heavy atom. The largest absolute Gasteiger partial charge is 0.381 e. The van der Waals surface area contributed by atoms with Crippen LogP contribution in [-0.2, 0) is 6.54 Å². The van der Waals surface area contributed by atoms with E-state index < -0.39 is 4.92 Å². The van der Waals surface area contributed by atoms with Crippen LogP contribution in [0, 0.1) is 24.0 Å². The van der Waals surface area contributed by atoms with Gasteiger partial charge in [0.25, 0.3) is 5.69 Å². The number of hydrogen-bond donors (Lipinski definition) is 1. The fourth-order valence-corrected chi connectivity index (χ4v) is 2.54. The van der Waals surface area contributed by atoms with E-state index in [0.717, 1.165) is 21.3 Å². The van der Waals surface area contributed by atoms with Gasteiger partial charge in [0.05, 0.1) is 10.5 Å². The van der Waals surface area contributed by atoms with Crippen LogP contribution >= 0.6 is 27.5 Å². The zero-order valence-corrected chi connectivity index (χ0v) is 14.0. The minimum absolute atomic E-state index is 0.0671. The van der Waals surface area contributed by atoms with Crippen molar-refractivity contribution < 1.29 is 4.92 Å². The van der Waals surface area contributed by atoms with Gasteiger partial charge in [-0.15, -0.1) is 0 Å². The molecule has 0 aliphatic carbocycles. The summed E-state index contributed by atoms with van der Waals surface area (Å²) in [5, 5.41) is 14.7. The number of nitro benzene ring substituents is 1. The van der Waals surface area contributed by atoms with Crippen LogP contribution in [0.1, 0.15) is 16.7 Å². The summed E-state index contributed by atoms with van der Waals surface area (Å²) < 4.78 is 1.07. The molecule has 4 nitrogen and oxygen atoms in total. The fourth-order valence-electron chi connectivity index (χ4n) is 2.12. The lowest BCUT2D eigenvalue weighted by molar-refractivity contribution is -0.385. The summed E-state index contributed by atoms with van der Waals surface area (Å²) in [6, 6.07) is 8.56. The van der Waals surface area contributed by atoms with Crippen LogP contribution in [0.15, 0.2) is 34.8 Å². The third-order valence-corrected chi connectivity index (χ3v) is 4.64. The molecule has 0 bridgehead atoms. The Kier molecular flexibility index (Phi) is 4.85. The van der Waals surface area contributed by atoms with Crippen LogP contribution in [-0.4, -0.2) is 4.92 Å². The van der Waals surface area contributed by atoms with E-state index in [0.29, 0.717) is 17.1 Å². The first kappa shape index (κ1) is 15.8. The number of anilines is 1. The van der Waals surface area contributed by atoms with Gasteiger partial charge in [-0.05, 0) is 49.2 Å². The first-order valence-corrected chi connectivity index (χ1v) is 7.49. The van der Waals surface area contributed by atoms with Crippen LogP contribution in [0.4, 0.5) is 11.4 Å². The van der Waals surface area contributed by atoms with Gasteiger partial charge in [0.2, 0.25) is 0 Å². The zero-order valence-electron chi connectivity index (χ0n) is 11.6. The molecule has 2 aromatic rings. The number of hydrogen-bond acceptors (Lipinski definition) is 3. The third-order valence-electron chi connectivity index (χ3n) is 3.16. The van der Waals surface area contributed by atoms with Gasteiger partial charge in [-0.25, -0.2) is 0 Å². The highest BCUT2D eigenvalue weighted by molar-refractivity contribution is 9.10. The van der Waals surface area contributed by atoms with E-state index in [2.05, 4.69) is 21.2 Å². The molecule has 0 aliphatic rings. The zero-order chi connectivity index (χ0) is 15.6. The van der Waals surface area contributed by atoms with Gasteiger partial charge in [0.1, 0.15) is 0 Å². The van der Waals surface area contributed by atoms with Crippen molar-refractivity contribution in [3.05, 3.63) is 66.6 Å². The minimum Gasteiger partial charge on any atom is -0.381 e. The number of aryl methyl sites for hydroxylation is 2. The molecule has 0 fully saturated rings. The maximum absolute atomic E-state index is 11.0. The maximum Gasteiger partial charge on any atom is 0.274 e. The molecule has 0 radical (unpaired) electrons. The van der Waals surface area contributed by atoms with E-state index in [4.69, 9.17) is 11.6 Å². The van der Waals surface area contributed by atoms with Crippen molar-refractivity contribution in [1.82, 2.24) is 0 Å². The minimum atomic E-state index is -0.397. The summed E-state index contributed by atoms with van der Waals surface area (Å²) in [6.07, 6.45) is 0. The van der Waals surface area contributed by atoms with E-state index in [1.165, 1.54) is 12.1 Å². The molecule has 6 heteroatoms. The molecule has 0 saturated carbocycles. The normalized spacial score (nSPS) is 10.5. The smallest absolute Gasteiger partial charge is 0.274 e. The van der Waals surface area contributed by atoms with E-state index in [-0.39, 0.29) is 5.69 Å². The lowest BCUT2D eigenvalue weighted by Crippen LogP contribution is -2.04. The molecule has 0 amide bonds. The van der Waals surface area contributed by atoms with Crippen molar-refractivity contribution in [3.63, 3.8) is 0 Å². The monoisotopic (exact) mass is 368 g/mol. The van der Waals surface area contributed by atoms with Gasteiger partial charge < -0.3 is 5.32 Å². The Hall–Kier alpha value is -1.59. The number of nitro groups is 1. The topological polar surface area (TPSA) is 55.2 Å². The van der Waals surface area contributed by atoms with Crippen molar-refractivity contribution in [3.8, 4) is 0 Å². The van der Waals surface area contributed by atoms with Gasteiger partial charge in [0.15, 0.2) is 0 Å². The van der Waals surface area contributed by atoms with E-state index in [1.54, 1.807) is 6.07 Å². The van der Waals surface area contributed by atoms with Gasteiger partial charge in [-0.1, -0.05) is 27.5 Å². The highest BCUT2D eigenvalue weighted by Crippen LogP contribution is 2.27. The highest BCUT2D eigenvalue weighted by atomic mass is 79.9. The predicted molar refractivity (Wildman–Crippen MR) is 89.0 cm³/mol. The summed E-state index contributed by atoms with van der Waals surface area (Å²) in [5.41, 5.74) is 3.77. The quantitative estimate of drug-likeness (QED) is 0.592. The van der Waals surface area contributed by atoms with Gasteiger partial charge in [0, 0.05) is 27.8 Å². The summed E-state index contributed by atoms with van der Waals surface area (Å²) in [5.74, 6) is 0. The molecule has 0 unspecified atom stereocenters. The molecule has 0 aliphatic heterocycles. The molecular weight excluding hydrogens is 356 g/mol. The molecule has 2 rings (SSSR count). The summed E-state index contributed by atoms with van der Waals surface area (Å²) in [4.78, 5) is 10.6. The second-order valence-electron chi connectivity index (χ2n) is 4.81. The van der Waals surface area contributed by atoms with E-state index in [9.17, 15) is 10.1 Å². The van der Waals surface area contributed by atoms with Crippen molar-refractivity contribution in [2.24, 2.45) is 0 Å². The molecule has 0 aromatic heterocycles. The van der Waals surface area contributed by atoms with E-state index >= 15 is 0 Å². The Morgan fingerprint density at radius 3 is 2.43 bits per heavy atom. The Balaban J connectivity index is 2.24. The van der Waals surface area contributed by atoms with Crippen LogP contribution in [0.3, 0.4) is 0 Å². The van der Waals surface area contributed by atoms with Gasteiger partial charge in [-0.2, -0.15) is 0 Å². The molecule has 110 valence electrons. The molecule has 0 spiro atoms. The molecule has 2 aromatic carbocycles. The van der Waals surface area contributed by atoms with Crippen molar-refractivity contribution in [2.75, 3.05) is 5.32 Å². The Morgan fingerprint density at radius 2 is 1.86 bits per heavy atom. The second-order valence-corrected chi connectivity index (χ2v) is 6.04. The molecular formula is C15H14BrClN2O2. The SMILES string of the molecule is Cc1cc(NCc2cc(Cl)ccc2[N+](=O)[O-])cc(C)c1Br. The number of nitrogens with zero attached hydrogens (tertiary/aromatic N) is 1. The number of benzene rings is 2. The third kappa shape index (κ3) is 3.74. The van der Waals surface area contributed by atoms with Gasteiger partial charge in [-0.3, -0.25) is 10.1 Å². The van der Waals surface area contributed by atoms with Crippen LogP contribution in [0.2, 0.25) is 5.02 Å². The highest BCUT2D eigenvalue weighted by Gasteiger charge is 2.13. The Labute approximate surface area is 136 Å². The standard InChI is InChI=1S/C15H14BrClN2O2/c1-9-5-13(6-10(2)15(9)16)18-8-11-7-12(17)3-4-14(11)19(20)21/h3-7,18H,8H2,1-2H3. The molecule has 0 heterocycles. The van der Waals surface area contributed by atoms with Crippen molar-refractivity contribution in [2.45, 2.75) is 20.4 Å². The average Bonchev–Trinajstić information content (AvgIpc) is 2.42. The lowest BCUT2D eigenvalue weighted by atomic mass is 10.1. The molecule has 0 saturated heterocycles. The van der Waals surface area contributed by atoms with Crippen molar-refractivity contribution >= 4 is 38.9 Å². The number of rotatable bonds is 4. The predicted octanol–water partition coefficient (Wildman–Crippen LogP) is 5.24. The number of halogens is 2. The van der Waals surface area contributed by atoms with Crippen LogP contribution < -0.4 is 5.32 Å². The molecule has 0 atom stereocenters. The van der Waals surface area contributed by atoms with Crippen LogP contribution in [0.5, 0.6) is 0 Å². The van der Waals surface area contributed by atoms with Gasteiger partial charge >= 0.3 is 0 Å². The average molecular weight is 370 g/mol. The van der Waals surface area contributed by atoms with E-state index in [1.807, 2.05) is 26.0 Å². The molecule has 21 heavy (non-hydrogen) atoms. The van der Waals surface area contributed by atoms with Crippen LogP contribution in [0.25, 0.3) is 0 Å². The summed E-state index contributed by atoms with van der Waals surface area (Å²) >= 11 is 9.43. The van der Waals surface area contributed by atoms with Crippen molar-refractivity contribution in [1.29, 1.82) is 0 Å². The second kappa shape index (κ2) is 6.45. The maximum atomic E-state index is 11.0. The summed E-state index contributed by atoms with van der Waals surface area (Å²) in [6.45, 7) is 4.35. The number of nitrogens with one attached hydrogen (secondary N) is 1. The Bertz CT molecular complexity index is 681. The first-order chi connectivity index (χ1) is 9.88. The summed E-state index contributed by atoms with van der Waals surface area (Å²) in [7, 11) is 0. The first-order valence-electron chi connectivity index (χ1n) is 6.32. The molecule has 1 N–H and O–H groups in total. The fraction of sp³-hybridized carbons (Fsp3) is 0.200.